The van der Waals surface area contributed by atoms with Crippen LogP contribution in [0.25, 0.3) is 0 Å². The number of pyridine rings is 1. The number of carbonyl (C=O) groups excluding carboxylic acids is 1. The third kappa shape index (κ3) is 6.82. The maximum Gasteiger partial charge on any atom is 0.243 e. The Hall–Kier alpha value is -1.58. The first-order valence-corrected chi connectivity index (χ1v) is 9.46. The molecule has 1 aliphatic carbocycles. The highest BCUT2D eigenvalue weighted by atomic mass is 127. The number of hydrogen-bond donors (Lipinski definition) is 2. The third-order valence-electron chi connectivity index (χ3n) is 4.84. The lowest BCUT2D eigenvalue weighted by atomic mass is 10.1. The van der Waals surface area contributed by atoms with E-state index in [1.807, 2.05) is 6.20 Å². The molecule has 0 radical (unpaired) electrons. The molecule has 27 heavy (non-hydrogen) atoms. The molecule has 0 bridgehead atoms. The normalized spacial score (nSPS) is 17.9. The number of guanidine groups is 1. The minimum absolute atomic E-state index is 0. The van der Waals surface area contributed by atoms with Crippen molar-refractivity contribution in [3.05, 3.63) is 23.9 Å². The zero-order valence-corrected chi connectivity index (χ0v) is 18.8. The SMILES string of the molecule is Cc1ccc(N2CCC(NC(=NCC(=O)N(C)C)NC3CC3)CC2)nc1.I. The summed E-state index contributed by atoms with van der Waals surface area (Å²) in [7, 11) is 3.52. The molecule has 7 nitrogen and oxygen atoms in total. The van der Waals surface area contributed by atoms with Crippen molar-refractivity contribution < 1.29 is 4.79 Å². The molecule has 2 fully saturated rings. The standard InChI is InChI=1S/C19H30N6O.HI/c1-14-4-7-17(20-12-14)25-10-8-16(9-11-25)23-19(22-15-5-6-15)21-13-18(26)24(2)3;/h4,7,12,15-16H,5-6,8-11,13H2,1-3H3,(H2,21,22,23);1H. The number of nitrogens with one attached hydrogen (secondary N) is 2. The number of aryl methyl sites for hydroxylation is 1. The van der Waals surface area contributed by atoms with Crippen molar-refractivity contribution in [3.8, 4) is 0 Å². The minimum Gasteiger partial charge on any atom is -0.356 e. The fourth-order valence-corrected chi connectivity index (χ4v) is 2.94. The maximum absolute atomic E-state index is 11.8. The van der Waals surface area contributed by atoms with Crippen LogP contribution in [-0.4, -0.2) is 67.6 Å². The van der Waals surface area contributed by atoms with E-state index in [1.165, 1.54) is 18.4 Å². The lowest BCUT2D eigenvalue weighted by Crippen LogP contribution is -2.49. The molecule has 1 aromatic heterocycles. The highest BCUT2D eigenvalue weighted by Crippen LogP contribution is 2.20. The Kier molecular flexibility index (Phi) is 8.12. The predicted molar refractivity (Wildman–Crippen MR) is 120 cm³/mol. The molecule has 0 aromatic carbocycles. The quantitative estimate of drug-likeness (QED) is 0.377. The fourth-order valence-electron chi connectivity index (χ4n) is 2.94. The minimum atomic E-state index is 0. The van der Waals surface area contributed by atoms with Crippen molar-refractivity contribution in [2.75, 3.05) is 38.6 Å². The van der Waals surface area contributed by atoms with E-state index in [0.717, 1.165) is 37.7 Å². The van der Waals surface area contributed by atoms with Gasteiger partial charge in [-0.1, -0.05) is 6.07 Å². The molecule has 1 amide bonds. The van der Waals surface area contributed by atoms with E-state index in [-0.39, 0.29) is 36.4 Å². The van der Waals surface area contributed by atoms with Crippen molar-refractivity contribution in [1.82, 2.24) is 20.5 Å². The predicted octanol–water partition coefficient (Wildman–Crippen LogP) is 1.76. The second-order valence-corrected chi connectivity index (χ2v) is 7.47. The van der Waals surface area contributed by atoms with Gasteiger partial charge in [0.15, 0.2) is 5.96 Å². The Morgan fingerprint density at radius 3 is 2.33 bits per heavy atom. The maximum atomic E-state index is 11.8. The van der Waals surface area contributed by atoms with Crippen LogP contribution in [0.2, 0.25) is 0 Å². The molecular weight excluding hydrogens is 455 g/mol. The van der Waals surface area contributed by atoms with Gasteiger partial charge in [0, 0.05) is 45.5 Å². The summed E-state index contributed by atoms with van der Waals surface area (Å²) in [6.45, 7) is 4.19. The molecule has 2 N–H and O–H groups in total. The van der Waals surface area contributed by atoms with Crippen molar-refractivity contribution in [2.24, 2.45) is 4.99 Å². The average molecular weight is 486 g/mol. The van der Waals surface area contributed by atoms with Gasteiger partial charge in [0.05, 0.1) is 0 Å². The molecule has 0 unspecified atom stereocenters. The topological polar surface area (TPSA) is 72.9 Å². The smallest absolute Gasteiger partial charge is 0.243 e. The summed E-state index contributed by atoms with van der Waals surface area (Å²) in [5.74, 6) is 1.84. The van der Waals surface area contributed by atoms with Gasteiger partial charge < -0.3 is 20.4 Å². The second kappa shape index (κ2) is 10.1. The van der Waals surface area contributed by atoms with Crippen molar-refractivity contribution in [3.63, 3.8) is 0 Å². The van der Waals surface area contributed by atoms with Gasteiger partial charge in [0.2, 0.25) is 5.91 Å². The number of hydrogen-bond acceptors (Lipinski definition) is 4. The third-order valence-corrected chi connectivity index (χ3v) is 4.84. The number of halogens is 1. The number of carbonyl (C=O) groups is 1. The summed E-state index contributed by atoms with van der Waals surface area (Å²) in [4.78, 5) is 24.7. The van der Waals surface area contributed by atoms with E-state index < -0.39 is 0 Å². The number of aliphatic imine (C=N–C) groups is 1. The molecule has 0 atom stereocenters. The summed E-state index contributed by atoms with van der Waals surface area (Å²) < 4.78 is 0. The van der Waals surface area contributed by atoms with Crippen LogP contribution in [0.3, 0.4) is 0 Å². The van der Waals surface area contributed by atoms with Gasteiger partial charge in [0.1, 0.15) is 12.4 Å². The van der Waals surface area contributed by atoms with Crippen molar-refractivity contribution in [2.45, 2.75) is 44.7 Å². The Bertz CT molecular complexity index is 636. The number of piperidine rings is 1. The first-order valence-electron chi connectivity index (χ1n) is 9.46. The van der Waals surface area contributed by atoms with Crippen LogP contribution in [0.4, 0.5) is 5.82 Å². The van der Waals surface area contributed by atoms with Crippen LogP contribution in [0, 0.1) is 6.92 Å². The summed E-state index contributed by atoms with van der Waals surface area (Å²) >= 11 is 0. The molecule has 1 aliphatic heterocycles. The summed E-state index contributed by atoms with van der Waals surface area (Å²) in [5, 5.41) is 6.95. The zero-order valence-electron chi connectivity index (χ0n) is 16.4. The highest BCUT2D eigenvalue weighted by Gasteiger charge is 2.25. The number of likely N-dealkylation sites (N-methyl/N-ethyl adjacent to an activating group) is 1. The summed E-state index contributed by atoms with van der Waals surface area (Å²) in [6.07, 6.45) is 6.34. The number of anilines is 1. The van der Waals surface area contributed by atoms with Crippen LogP contribution < -0.4 is 15.5 Å². The lowest BCUT2D eigenvalue weighted by molar-refractivity contribution is -0.127. The second-order valence-electron chi connectivity index (χ2n) is 7.47. The number of nitrogens with zero attached hydrogens (tertiary/aromatic N) is 4. The van der Waals surface area contributed by atoms with Crippen LogP contribution in [0.1, 0.15) is 31.2 Å². The Balaban J connectivity index is 0.00000261. The van der Waals surface area contributed by atoms with Crippen LogP contribution in [0.15, 0.2) is 23.3 Å². The fraction of sp³-hybridized carbons (Fsp3) is 0.632. The highest BCUT2D eigenvalue weighted by molar-refractivity contribution is 14.0. The van der Waals surface area contributed by atoms with Crippen molar-refractivity contribution >= 4 is 41.7 Å². The molecule has 3 rings (SSSR count). The number of aromatic nitrogens is 1. The Morgan fingerprint density at radius 2 is 1.81 bits per heavy atom. The monoisotopic (exact) mass is 486 g/mol. The van der Waals surface area contributed by atoms with Gasteiger partial charge in [0.25, 0.3) is 0 Å². The van der Waals surface area contributed by atoms with Crippen LogP contribution in [0.5, 0.6) is 0 Å². The molecular formula is C19H31IN6O. The van der Waals surface area contributed by atoms with Gasteiger partial charge in [-0.05, 0) is 44.2 Å². The average Bonchev–Trinajstić information content (AvgIpc) is 3.44. The first-order chi connectivity index (χ1) is 12.5. The van der Waals surface area contributed by atoms with Crippen molar-refractivity contribution in [1.29, 1.82) is 0 Å². The van der Waals surface area contributed by atoms with Gasteiger partial charge in [-0.25, -0.2) is 9.98 Å². The zero-order chi connectivity index (χ0) is 18.5. The number of amides is 1. The Morgan fingerprint density at radius 1 is 1.19 bits per heavy atom. The van der Waals surface area contributed by atoms with E-state index in [2.05, 4.69) is 44.6 Å². The van der Waals surface area contributed by atoms with E-state index in [1.54, 1.807) is 19.0 Å². The molecule has 8 heteroatoms. The lowest BCUT2D eigenvalue weighted by Gasteiger charge is -2.34. The van der Waals surface area contributed by atoms with E-state index >= 15 is 0 Å². The summed E-state index contributed by atoms with van der Waals surface area (Å²) in [5.41, 5.74) is 1.18. The van der Waals surface area contributed by atoms with Gasteiger partial charge in [-0.15, -0.1) is 24.0 Å². The van der Waals surface area contributed by atoms with Gasteiger partial charge in [-0.2, -0.15) is 0 Å². The van der Waals surface area contributed by atoms with Crippen LogP contribution in [-0.2, 0) is 4.79 Å². The van der Waals surface area contributed by atoms with Gasteiger partial charge in [-0.3, -0.25) is 4.79 Å². The molecule has 1 saturated heterocycles. The number of rotatable bonds is 5. The molecule has 1 aromatic rings. The van der Waals surface area contributed by atoms with E-state index in [0.29, 0.717) is 12.1 Å². The molecule has 1 saturated carbocycles. The Labute approximate surface area is 179 Å². The first kappa shape index (κ1) is 21.7. The van der Waals surface area contributed by atoms with Crippen LogP contribution >= 0.6 is 24.0 Å². The van der Waals surface area contributed by atoms with E-state index in [4.69, 9.17) is 0 Å². The van der Waals surface area contributed by atoms with Gasteiger partial charge >= 0.3 is 0 Å². The molecule has 150 valence electrons. The molecule has 0 spiro atoms. The van der Waals surface area contributed by atoms with E-state index in [9.17, 15) is 4.79 Å². The molecule has 2 aliphatic rings. The summed E-state index contributed by atoms with van der Waals surface area (Å²) in [6, 6.07) is 5.08. The largest absolute Gasteiger partial charge is 0.356 e. The molecule has 2 heterocycles.